The molecule has 0 saturated carbocycles. The maximum Gasteiger partial charge on any atom is 0.196 e. The molecule has 1 aromatic carbocycles. The number of ketones is 2. The first-order valence-corrected chi connectivity index (χ1v) is 8.33. The van der Waals surface area contributed by atoms with Gasteiger partial charge in [0.15, 0.2) is 11.6 Å². The van der Waals surface area contributed by atoms with Crippen molar-refractivity contribution in [3.8, 4) is 5.75 Å². The lowest BCUT2D eigenvalue weighted by molar-refractivity contribution is 0.0856. The van der Waals surface area contributed by atoms with Crippen molar-refractivity contribution in [2.75, 3.05) is 14.2 Å². The first-order chi connectivity index (χ1) is 11.8. The third kappa shape index (κ3) is 3.99. The molecule has 2 aromatic rings. The molecule has 0 fully saturated rings. The SMILES string of the molecule is COc1ccc(CN(C)C(C)C(=O)c2[nH]c(C)c(C(C)=O)c2C)cc1. The van der Waals surface area contributed by atoms with Crippen LogP contribution >= 0.6 is 0 Å². The van der Waals surface area contributed by atoms with Gasteiger partial charge in [0, 0.05) is 17.8 Å². The number of H-pyrrole nitrogens is 1. The summed E-state index contributed by atoms with van der Waals surface area (Å²) in [6, 6.07) is 7.49. The summed E-state index contributed by atoms with van der Waals surface area (Å²) in [5, 5.41) is 0. The molecule has 134 valence electrons. The number of hydrogen-bond donors (Lipinski definition) is 1. The maximum absolute atomic E-state index is 12.9. The van der Waals surface area contributed by atoms with Gasteiger partial charge in [-0.15, -0.1) is 0 Å². The number of methoxy groups -OCH3 is 1. The summed E-state index contributed by atoms with van der Waals surface area (Å²) < 4.78 is 5.16. The molecular weight excluding hydrogens is 316 g/mol. The summed E-state index contributed by atoms with van der Waals surface area (Å²) >= 11 is 0. The van der Waals surface area contributed by atoms with Crippen LogP contribution in [0.15, 0.2) is 24.3 Å². The van der Waals surface area contributed by atoms with E-state index in [0.717, 1.165) is 22.6 Å². The van der Waals surface area contributed by atoms with E-state index in [1.165, 1.54) is 6.92 Å². The largest absolute Gasteiger partial charge is 0.497 e. The number of aromatic nitrogens is 1. The van der Waals surface area contributed by atoms with Crippen molar-refractivity contribution in [3.63, 3.8) is 0 Å². The lowest BCUT2D eigenvalue weighted by atomic mass is 10.0. The first-order valence-electron chi connectivity index (χ1n) is 8.33. The Hall–Kier alpha value is -2.40. The third-order valence-electron chi connectivity index (χ3n) is 4.67. The van der Waals surface area contributed by atoms with E-state index in [-0.39, 0.29) is 17.6 Å². The van der Waals surface area contributed by atoms with Crippen molar-refractivity contribution in [1.82, 2.24) is 9.88 Å². The van der Waals surface area contributed by atoms with Gasteiger partial charge in [-0.25, -0.2) is 0 Å². The molecule has 0 aliphatic rings. The molecule has 1 N–H and O–H groups in total. The quantitative estimate of drug-likeness (QED) is 0.782. The van der Waals surface area contributed by atoms with Gasteiger partial charge < -0.3 is 9.72 Å². The topological polar surface area (TPSA) is 62.4 Å². The lowest BCUT2D eigenvalue weighted by Gasteiger charge is -2.23. The highest BCUT2D eigenvalue weighted by Crippen LogP contribution is 2.21. The van der Waals surface area contributed by atoms with Gasteiger partial charge in [0.05, 0.1) is 18.8 Å². The number of aryl methyl sites for hydroxylation is 1. The molecule has 0 amide bonds. The molecule has 1 atom stereocenters. The highest BCUT2D eigenvalue weighted by atomic mass is 16.5. The smallest absolute Gasteiger partial charge is 0.196 e. The monoisotopic (exact) mass is 342 g/mol. The molecule has 2 rings (SSSR count). The molecule has 0 radical (unpaired) electrons. The highest BCUT2D eigenvalue weighted by Gasteiger charge is 2.25. The Morgan fingerprint density at radius 2 is 1.80 bits per heavy atom. The summed E-state index contributed by atoms with van der Waals surface area (Å²) in [5.74, 6) is 0.776. The second-order valence-corrected chi connectivity index (χ2v) is 6.48. The van der Waals surface area contributed by atoms with Crippen molar-refractivity contribution in [3.05, 3.63) is 52.3 Å². The van der Waals surface area contributed by atoms with Crippen LogP contribution in [0.25, 0.3) is 0 Å². The second-order valence-electron chi connectivity index (χ2n) is 6.48. The molecule has 0 saturated heterocycles. The van der Waals surface area contributed by atoms with Gasteiger partial charge in [-0.3, -0.25) is 14.5 Å². The Balaban J connectivity index is 2.15. The number of Topliss-reactive ketones (excluding diaryl/α,β-unsaturated/α-hetero) is 2. The number of carbonyl (C=O) groups excluding carboxylic acids is 2. The molecule has 0 aliphatic carbocycles. The van der Waals surface area contributed by atoms with E-state index in [4.69, 9.17) is 4.74 Å². The molecule has 0 bridgehead atoms. The van der Waals surface area contributed by atoms with Gasteiger partial charge in [0.2, 0.25) is 0 Å². The summed E-state index contributed by atoms with van der Waals surface area (Å²) in [6.45, 7) is 7.71. The van der Waals surface area contributed by atoms with E-state index < -0.39 is 0 Å². The van der Waals surface area contributed by atoms with Crippen LogP contribution in [-0.4, -0.2) is 41.6 Å². The minimum Gasteiger partial charge on any atom is -0.497 e. The Morgan fingerprint density at radius 1 is 1.20 bits per heavy atom. The number of hydrogen-bond acceptors (Lipinski definition) is 4. The Labute approximate surface area is 149 Å². The zero-order valence-corrected chi connectivity index (χ0v) is 15.8. The van der Waals surface area contributed by atoms with Crippen LogP contribution in [-0.2, 0) is 6.54 Å². The van der Waals surface area contributed by atoms with Gasteiger partial charge in [0.25, 0.3) is 0 Å². The van der Waals surface area contributed by atoms with E-state index >= 15 is 0 Å². The Kier molecular flexibility index (Phi) is 5.80. The Bertz CT molecular complexity index is 775. The van der Waals surface area contributed by atoms with Crippen LogP contribution in [0.5, 0.6) is 5.75 Å². The third-order valence-corrected chi connectivity index (χ3v) is 4.67. The van der Waals surface area contributed by atoms with Gasteiger partial charge >= 0.3 is 0 Å². The van der Waals surface area contributed by atoms with Gasteiger partial charge in [-0.05, 0) is 58.0 Å². The number of rotatable bonds is 7. The number of nitrogens with zero attached hydrogens (tertiary/aromatic N) is 1. The molecule has 1 unspecified atom stereocenters. The number of likely N-dealkylation sites (N-methyl/N-ethyl adjacent to an activating group) is 1. The fourth-order valence-corrected chi connectivity index (χ4v) is 3.09. The highest BCUT2D eigenvalue weighted by molar-refractivity contribution is 6.05. The maximum atomic E-state index is 12.9. The number of ether oxygens (including phenoxy) is 1. The number of benzene rings is 1. The van der Waals surface area contributed by atoms with E-state index in [1.54, 1.807) is 7.11 Å². The van der Waals surface area contributed by atoms with Gasteiger partial charge in [-0.1, -0.05) is 12.1 Å². The lowest BCUT2D eigenvalue weighted by Crippen LogP contribution is -2.36. The molecule has 0 aliphatic heterocycles. The van der Waals surface area contributed by atoms with Gasteiger partial charge in [-0.2, -0.15) is 0 Å². The zero-order chi connectivity index (χ0) is 18.7. The minimum atomic E-state index is -0.307. The molecule has 25 heavy (non-hydrogen) atoms. The van der Waals surface area contributed by atoms with Crippen LogP contribution < -0.4 is 4.74 Å². The summed E-state index contributed by atoms with van der Waals surface area (Å²) in [4.78, 5) is 29.7. The van der Waals surface area contributed by atoms with E-state index in [1.807, 2.05) is 57.0 Å². The zero-order valence-electron chi connectivity index (χ0n) is 15.8. The van der Waals surface area contributed by atoms with Crippen LogP contribution in [0, 0.1) is 13.8 Å². The van der Waals surface area contributed by atoms with E-state index in [0.29, 0.717) is 17.8 Å². The van der Waals surface area contributed by atoms with Crippen LogP contribution in [0.4, 0.5) is 0 Å². The molecule has 5 nitrogen and oxygen atoms in total. The summed E-state index contributed by atoms with van der Waals surface area (Å²) in [6.07, 6.45) is 0. The number of nitrogens with one attached hydrogen (secondary N) is 1. The molecule has 0 spiro atoms. The number of aromatic amines is 1. The minimum absolute atomic E-state index is 0.0101. The second kappa shape index (κ2) is 7.66. The average molecular weight is 342 g/mol. The number of carbonyl (C=O) groups is 2. The fraction of sp³-hybridized carbons (Fsp3) is 0.400. The predicted molar refractivity (Wildman–Crippen MR) is 98.5 cm³/mol. The van der Waals surface area contributed by atoms with E-state index in [9.17, 15) is 9.59 Å². The first kappa shape index (κ1) is 18.9. The molecular formula is C20H26N2O3. The summed E-state index contributed by atoms with van der Waals surface area (Å²) in [5.41, 5.74) is 3.73. The van der Waals surface area contributed by atoms with Crippen molar-refractivity contribution >= 4 is 11.6 Å². The van der Waals surface area contributed by atoms with Crippen LogP contribution in [0.1, 0.15) is 51.5 Å². The predicted octanol–water partition coefficient (Wildman–Crippen LogP) is 3.55. The van der Waals surface area contributed by atoms with E-state index in [2.05, 4.69) is 4.98 Å². The van der Waals surface area contributed by atoms with Crippen molar-refractivity contribution in [2.24, 2.45) is 0 Å². The standard InChI is InChI=1S/C20H26N2O3/c1-12-18(15(4)23)13(2)21-19(12)20(24)14(3)22(5)11-16-7-9-17(25-6)10-8-16/h7-10,14,21H,11H2,1-6H3. The average Bonchev–Trinajstić information content (AvgIpc) is 2.88. The van der Waals surface area contributed by atoms with Crippen LogP contribution in [0.2, 0.25) is 0 Å². The fourth-order valence-electron chi connectivity index (χ4n) is 3.09. The van der Waals surface area contributed by atoms with Crippen molar-refractivity contribution < 1.29 is 14.3 Å². The van der Waals surface area contributed by atoms with Crippen molar-refractivity contribution in [1.29, 1.82) is 0 Å². The molecule has 5 heteroatoms. The van der Waals surface area contributed by atoms with Crippen LogP contribution in [0.3, 0.4) is 0 Å². The molecule has 1 aromatic heterocycles. The normalized spacial score (nSPS) is 12.3. The molecule has 1 heterocycles. The Morgan fingerprint density at radius 3 is 2.28 bits per heavy atom. The van der Waals surface area contributed by atoms with Gasteiger partial charge in [0.1, 0.15) is 5.75 Å². The summed E-state index contributed by atoms with van der Waals surface area (Å²) in [7, 11) is 3.56. The van der Waals surface area contributed by atoms with Crippen molar-refractivity contribution in [2.45, 2.75) is 40.3 Å².